The summed E-state index contributed by atoms with van der Waals surface area (Å²) in [6.45, 7) is 13.6. The van der Waals surface area contributed by atoms with E-state index in [-0.39, 0.29) is 11.2 Å². The number of aromatic nitrogens is 1. The molecule has 0 N–H and O–H groups in total. The van der Waals surface area contributed by atoms with E-state index < -0.39 is 0 Å². The van der Waals surface area contributed by atoms with Crippen molar-refractivity contribution in [3.63, 3.8) is 0 Å². The van der Waals surface area contributed by atoms with E-state index in [4.69, 9.17) is 4.74 Å². The Balaban J connectivity index is 1.77. The van der Waals surface area contributed by atoms with Crippen molar-refractivity contribution in [3.05, 3.63) is 77.2 Å². The average Bonchev–Trinajstić information content (AvgIpc) is 2.82. The second-order valence-corrected chi connectivity index (χ2v) is 12.4. The molecule has 0 spiro atoms. The lowest BCUT2D eigenvalue weighted by molar-refractivity contribution is -0.659. The van der Waals surface area contributed by atoms with Gasteiger partial charge in [0, 0.05) is 22.4 Å². The van der Waals surface area contributed by atoms with E-state index in [1.54, 1.807) is 12.1 Å². The van der Waals surface area contributed by atoms with Crippen LogP contribution in [0, 0.1) is 24.1 Å². The van der Waals surface area contributed by atoms with E-state index in [1.165, 1.54) is 27.5 Å². The van der Waals surface area contributed by atoms with Crippen LogP contribution in [0.15, 0.2) is 54.7 Å². The number of aryl methyl sites for hydroxylation is 2. The molecule has 1 aromatic heterocycles. The van der Waals surface area contributed by atoms with Gasteiger partial charge in [0.2, 0.25) is 5.69 Å². The third-order valence-electron chi connectivity index (χ3n) is 7.66. The highest BCUT2D eigenvalue weighted by Gasteiger charge is 2.34. The topological polar surface area (TPSA) is 13.1 Å². The molecule has 4 aromatic carbocycles. The van der Waals surface area contributed by atoms with Crippen LogP contribution in [-0.2, 0) is 19.9 Å². The van der Waals surface area contributed by atoms with Gasteiger partial charge in [0.25, 0.3) is 0 Å². The molecule has 0 radical (unpaired) electrons. The maximum atomic E-state index is 15.1. The number of hydrogen-bond donors (Lipinski definition) is 0. The number of halogens is 1. The van der Waals surface area contributed by atoms with Crippen molar-refractivity contribution in [2.45, 2.75) is 54.4 Å². The fourth-order valence-corrected chi connectivity index (χ4v) is 6.20. The van der Waals surface area contributed by atoms with Crippen LogP contribution in [0.5, 0.6) is 11.5 Å². The Bertz CT molecular complexity index is 1740. The van der Waals surface area contributed by atoms with Crippen molar-refractivity contribution in [2.75, 3.05) is 0 Å². The standard InChI is InChI=1S/C34H35FNO/c1-19(2)15-21-11-12-23-20(3)29-32-31-24(13-14-36(32)7)30-22(9-8-10-27(30)35)17-28(31)37-33(29)26(25(23)16-21)18-34(4,5)6/h8-14,16-17,19H,15,18H2,1-7H3/q+1. The van der Waals surface area contributed by atoms with E-state index in [2.05, 4.69) is 77.6 Å². The number of pyridine rings is 1. The van der Waals surface area contributed by atoms with Crippen LogP contribution in [-0.4, -0.2) is 0 Å². The monoisotopic (exact) mass is 492 g/mol. The average molecular weight is 493 g/mol. The van der Waals surface area contributed by atoms with Gasteiger partial charge < -0.3 is 4.74 Å². The Kier molecular flexibility index (Phi) is 5.35. The van der Waals surface area contributed by atoms with Crippen LogP contribution in [0.25, 0.3) is 43.6 Å². The molecule has 188 valence electrons. The summed E-state index contributed by atoms with van der Waals surface area (Å²) < 4.78 is 24.2. The van der Waals surface area contributed by atoms with Crippen LogP contribution in [0.4, 0.5) is 4.39 Å². The second-order valence-electron chi connectivity index (χ2n) is 12.4. The maximum Gasteiger partial charge on any atom is 0.228 e. The minimum absolute atomic E-state index is 0.0777. The summed E-state index contributed by atoms with van der Waals surface area (Å²) >= 11 is 0. The summed E-state index contributed by atoms with van der Waals surface area (Å²) in [7, 11) is 2.08. The van der Waals surface area contributed by atoms with Crippen molar-refractivity contribution in [2.24, 2.45) is 18.4 Å². The molecule has 1 aliphatic heterocycles. The van der Waals surface area contributed by atoms with Crippen molar-refractivity contribution >= 4 is 32.3 Å². The van der Waals surface area contributed by atoms with Crippen LogP contribution >= 0.6 is 0 Å². The zero-order valence-electron chi connectivity index (χ0n) is 22.9. The molecule has 2 nitrogen and oxygen atoms in total. The Morgan fingerprint density at radius 3 is 2.46 bits per heavy atom. The number of nitrogens with zero attached hydrogens (tertiary/aromatic N) is 1. The summed E-state index contributed by atoms with van der Waals surface area (Å²) in [5.41, 5.74) is 6.13. The van der Waals surface area contributed by atoms with E-state index >= 15 is 4.39 Å². The molecule has 1 aliphatic rings. The van der Waals surface area contributed by atoms with Gasteiger partial charge in [0.1, 0.15) is 24.4 Å². The molecular weight excluding hydrogens is 457 g/mol. The van der Waals surface area contributed by atoms with Gasteiger partial charge in [-0.05, 0) is 70.5 Å². The van der Waals surface area contributed by atoms with Crippen molar-refractivity contribution < 1.29 is 13.7 Å². The molecule has 0 bridgehead atoms. The van der Waals surface area contributed by atoms with Crippen molar-refractivity contribution in [1.82, 2.24) is 0 Å². The Morgan fingerprint density at radius 1 is 0.946 bits per heavy atom. The third-order valence-corrected chi connectivity index (χ3v) is 7.66. The van der Waals surface area contributed by atoms with E-state index in [9.17, 15) is 0 Å². The summed E-state index contributed by atoms with van der Waals surface area (Å²) in [5, 5.41) is 5.95. The lowest BCUT2D eigenvalue weighted by atomic mass is 9.81. The van der Waals surface area contributed by atoms with Gasteiger partial charge in [0.15, 0.2) is 6.20 Å². The first kappa shape index (κ1) is 23.9. The number of rotatable bonds is 3. The molecule has 0 unspecified atom stereocenters. The largest absolute Gasteiger partial charge is 0.455 e. The lowest BCUT2D eigenvalue weighted by Gasteiger charge is -2.28. The Labute approximate surface area is 218 Å². The lowest BCUT2D eigenvalue weighted by Crippen LogP contribution is -2.32. The predicted molar refractivity (Wildman–Crippen MR) is 152 cm³/mol. The van der Waals surface area contributed by atoms with Crippen LogP contribution in [0.1, 0.15) is 51.3 Å². The molecule has 5 aromatic rings. The van der Waals surface area contributed by atoms with Gasteiger partial charge in [-0.2, -0.15) is 0 Å². The highest BCUT2D eigenvalue weighted by atomic mass is 19.1. The highest BCUT2D eigenvalue weighted by molar-refractivity contribution is 6.16. The van der Waals surface area contributed by atoms with Gasteiger partial charge in [-0.1, -0.05) is 65.0 Å². The molecule has 0 amide bonds. The Morgan fingerprint density at radius 2 is 1.73 bits per heavy atom. The Hall–Kier alpha value is -3.46. The quantitative estimate of drug-likeness (QED) is 0.177. The van der Waals surface area contributed by atoms with E-state index in [1.807, 2.05) is 18.2 Å². The molecule has 0 saturated heterocycles. The van der Waals surface area contributed by atoms with E-state index in [0.29, 0.717) is 11.3 Å². The van der Waals surface area contributed by atoms with Gasteiger partial charge in [0.05, 0.1) is 10.9 Å². The van der Waals surface area contributed by atoms with Gasteiger partial charge >= 0.3 is 0 Å². The summed E-state index contributed by atoms with van der Waals surface area (Å²) in [5.74, 6) is 2.15. The second kappa shape index (κ2) is 8.28. The minimum Gasteiger partial charge on any atom is -0.455 e. The minimum atomic E-state index is -0.198. The molecule has 0 atom stereocenters. The van der Waals surface area contributed by atoms with Crippen LogP contribution in [0.3, 0.4) is 0 Å². The molecule has 6 rings (SSSR count). The summed E-state index contributed by atoms with van der Waals surface area (Å²) in [6, 6.07) is 16.3. The SMILES string of the molecule is Cc1c2c(c(CC(C)(C)C)c3cc(CC(C)C)ccc13)Oc1cc3cccc(F)c3c3cc[n+](C)c-2c13. The first-order chi connectivity index (χ1) is 17.5. The fourth-order valence-electron chi connectivity index (χ4n) is 6.20. The third kappa shape index (κ3) is 3.79. The molecule has 0 fully saturated rings. The van der Waals surface area contributed by atoms with Gasteiger partial charge in [-0.25, -0.2) is 8.96 Å². The number of benzene rings is 4. The smallest absolute Gasteiger partial charge is 0.228 e. The zero-order chi connectivity index (χ0) is 26.2. The molecule has 0 saturated carbocycles. The number of hydrogen-bond acceptors (Lipinski definition) is 1. The maximum absolute atomic E-state index is 15.1. The molecule has 3 heteroatoms. The normalized spacial score (nSPS) is 13.0. The number of ether oxygens (including phenoxy) is 1. The first-order valence-corrected chi connectivity index (χ1v) is 13.3. The molecular formula is C34H35FNO+. The molecule has 0 aliphatic carbocycles. The predicted octanol–water partition coefficient (Wildman–Crippen LogP) is 8.98. The fraction of sp³-hybridized carbons (Fsp3) is 0.324. The van der Waals surface area contributed by atoms with Crippen molar-refractivity contribution in [1.29, 1.82) is 0 Å². The number of fused-ring (bicyclic) bond motifs is 5. The van der Waals surface area contributed by atoms with Crippen molar-refractivity contribution in [3.8, 4) is 22.8 Å². The van der Waals surface area contributed by atoms with Gasteiger partial charge in [-0.3, -0.25) is 0 Å². The van der Waals surface area contributed by atoms with Crippen LogP contribution in [0.2, 0.25) is 0 Å². The summed E-state index contributed by atoms with van der Waals surface area (Å²) in [4.78, 5) is 0. The molecule has 37 heavy (non-hydrogen) atoms. The van der Waals surface area contributed by atoms with Gasteiger partial charge in [-0.15, -0.1) is 0 Å². The van der Waals surface area contributed by atoms with Crippen LogP contribution < -0.4 is 9.30 Å². The first-order valence-electron chi connectivity index (χ1n) is 13.3. The highest BCUT2D eigenvalue weighted by Crippen LogP contribution is 2.53. The van der Waals surface area contributed by atoms with E-state index in [0.717, 1.165) is 51.8 Å². The zero-order valence-corrected chi connectivity index (χ0v) is 22.9. The summed E-state index contributed by atoms with van der Waals surface area (Å²) in [6.07, 6.45) is 4.01. The molecule has 2 heterocycles.